The lowest BCUT2D eigenvalue weighted by atomic mass is 9.93. The Balaban J connectivity index is 1.62. The van der Waals surface area contributed by atoms with Crippen LogP contribution in [-0.4, -0.2) is 36.5 Å². The molecular weight excluding hydrogens is 302 g/mol. The summed E-state index contributed by atoms with van der Waals surface area (Å²) >= 11 is 0. The third-order valence-corrected chi connectivity index (χ3v) is 4.76. The Bertz CT molecular complexity index is 425. The second-order valence-electron chi connectivity index (χ2n) is 4.36. The SMILES string of the molecule is CC1(C(=O)OCCSSc2ccccn2)COOOC1. The fourth-order valence-corrected chi connectivity index (χ4v) is 3.05. The van der Waals surface area contributed by atoms with Gasteiger partial charge in [-0.1, -0.05) is 21.9 Å². The van der Waals surface area contributed by atoms with E-state index in [1.165, 1.54) is 0 Å². The molecule has 110 valence electrons. The van der Waals surface area contributed by atoms with Gasteiger partial charge in [-0.15, -0.1) is 0 Å². The number of carbonyl (C=O) groups excluding carboxylic acids is 1. The van der Waals surface area contributed by atoms with Gasteiger partial charge in [0.2, 0.25) is 0 Å². The van der Waals surface area contributed by atoms with Crippen LogP contribution in [0.5, 0.6) is 0 Å². The van der Waals surface area contributed by atoms with Gasteiger partial charge in [0.15, 0.2) is 0 Å². The highest BCUT2D eigenvalue weighted by Gasteiger charge is 2.39. The summed E-state index contributed by atoms with van der Waals surface area (Å²) in [6, 6.07) is 5.73. The molecule has 1 aromatic heterocycles. The number of carbonyl (C=O) groups is 1. The second kappa shape index (κ2) is 7.84. The molecule has 0 amide bonds. The Labute approximate surface area is 124 Å². The highest BCUT2D eigenvalue weighted by molar-refractivity contribution is 8.76. The number of nitrogens with zero attached hydrogens (tertiary/aromatic N) is 1. The predicted octanol–water partition coefficient (Wildman–Crippen LogP) is 2.26. The first-order valence-corrected chi connectivity index (χ1v) is 8.31. The van der Waals surface area contributed by atoms with Crippen molar-refractivity contribution in [2.45, 2.75) is 11.9 Å². The van der Waals surface area contributed by atoms with Crippen LogP contribution in [0, 0.1) is 5.41 Å². The van der Waals surface area contributed by atoms with Gasteiger partial charge in [-0.05, 0) is 29.9 Å². The van der Waals surface area contributed by atoms with Gasteiger partial charge in [0.25, 0.3) is 0 Å². The molecule has 6 nitrogen and oxygen atoms in total. The minimum absolute atomic E-state index is 0.127. The van der Waals surface area contributed by atoms with Crippen LogP contribution in [0.2, 0.25) is 0 Å². The van der Waals surface area contributed by atoms with Crippen molar-refractivity contribution in [2.75, 3.05) is 25.6 Å². The van der Waals surface area contributed by atoms with E-state index in [4.69, 9.17) is 4.74 Å². The van der Waals surface area contributed by atoms with E-state index in [1.807, 2.05) is 18.2 Å². The molecule has 0 N–H and O–H groups in total. The van der Waals surface area contributed by atoms with Crippen molar-refractivity contribution in [1.29, 1.82) is 0 Å². The van der Waals surface area contributed by atoms with Crippen molar-refractivity contribution in [3.8, 4) is 0 Å². The molecule has 2 heterocycles. The molecule has 1 aromatic rings. The van der Waals surface area contributed by atoms with E-state index in [9.17, 15) is 4.79 Å². The maximum Gasteiger partial charge on any atom is 0.316 e. The molecule has 0 aliphatic carbocycles. The summed E-state index contributed by atoms with van der Waals surface area (Å²) in [5.41, 5.74) is -0.808. The van der Waals surface area contributed by atoms with Crippen LogP contribution in [0.25, 0.3) is 0 Å². The topological polar surface area (TPSA) is 66.9 Å². The van der Waals surface area contributed by atoms with Gasteiger partial charge < -0.3 is 4.74 Å². The minimum atomic E-state index is -0.808. The zero-order valence-corrected chi connectivity index (χ0v) is 12.6. The standard InChI is InChI=1S/C12H15NO5S2/c1-12(8-16-18-17-9-12)11(14)15-6-7-19-20-10-4-2-3-5-13-10/h2-5H,6-9H2,1H3. The zero-order chi connectivity index (χ0) is 14.3. The van der Waals surface area contributed by atoms with Crippen LogP contribution in [0.15, 0.2) is 29.4 Å². The zero-order valence-electron chi connectivity index (χ0n) is 10.9. The molecule has 8 heteroatoms. The number of hydrogen-bond donors (Lipinski definition) is 0. The van der Waals surface area contributed by atoms with Crippen LogP contribution in [0.4, 0.5) is 0 Å². The van der Waals surface area contributed by atoms with Gasteiger partial charge in [0.1, 0.15) is 30.3 Å². The molecule has 2 rings (SSSR count). The summed E-state index contributed by atoms with van der Waals surface area (Å²) in [5, 5.41) is 5.22. The lowest BCUT2D eigenvalue weighted by molar-refractivity contribution is -0.546. The summed E-state index contributed by atoms with van der Waals surface area (Å²) in [6.45, 7) is 2.30. The monoisotopic (exact) mass is 317 g/mol. The Morgan fingerprint density at radius 3 is 2.95 bits per heavy atom. The Kier molecular flexibility index (Phi) is 6.11. The van der Waals surface area contributed by atoms with E-state index >= 15 is 0 Å². The van der Waals surface area contributed by atoms with Gasteiger partial charge in [-0.3, -0.25) is 4.79 Å². The fourth-order valence-electron chi connectivity index (χ4n) is 1.34. The summed E-state index contributed by atoms with van der Waals surface area (Å²) < 4.78 is 5.21. The minimum Gasteiger partial charge on any atom is -0.464 e. The van der Waals surface area contributed by atoms with Gasteiger partial charge in [0, 0.05) is 11.9 Å². The third kappa shape index (κ3) is 4.64. The number of pyridine rings is 1. The van der Waals surface area contributed by atoms with E-state index in [0.717, 1.165) is 5.03 Å². The molecule has 0 spiro atoms. The second-order valence-corrected chi connectivity index (χ2v) is 6.80. The molecule has 0 bridgehead atoms. The molecular formula is C12H15NO5S2. The predicted molar refractivity (Wildman–Crippen MR) is 74.6 cm³/mol. The van der Waals surface area contributed by atoms with Crippen LogP contribution >= 0.6 is 21.6 Å². The maximum atomic E-state index is 11.9. The summed E-state index contributed by atoms with van der Waals surface area (Å²) in [6.07, 6.45) is 1.74. The molecule has 1 aliphatic rings. The first-order valence-electron chi connectivity index (χ1n) is 5.99. The molecule has 0 radical (unpaired) electrons. The largest absolute Gasteiger partial charge is 0.464 e. The van der Waals surface area contributed by atoms with Crippen LogP contribution < -0.4 is 0 Å². The van der Waals surface area contributed by atoms with Gasteiger partial charge in [-0.2, -0.15) is 0 Å². The highest BCUT2D eigenvalue weighted by atomic mass is 33.1. The van der Waals surface area contributed by atoms with Crippen molar-refractivity contribution in [3.05, 3.63) is 24.4 Å². The van der Waals surface area contributed by atoms with Crippen molar-refractivity contribution in [3.63, 3.8) is 0 Å². The maximum absolute atomic E-state index is 11.9. The van der Waals surface area contributed by atoms with Crippen LogP contribution in [-0.2, 0) is 24.3 Å². The number of esters is 1. The average molecular weight is 317 g/mol. The normalized spacial score (nSPS) is 17.6. The van der Waals surface area contributed by atoms with Gasteiger partial charge in [0.05, 0.1) is 0 Å². The van der Waals surface area contributed by atoms with E-state index in [0.29, 0.717) is 12.4 Å². The quantitative estimate of drug-likeness (QED) is 0.342. The molecule has 1 saturated heterocycles. The summed E-state index contributed by atoms with van der Waals surface area (Å²) in [7, 11) is 3.14. The molecule has 1 fully saturated rings. The number of rotatable bonds is 6. The molecule has 1 aliphatic heterocycles. The van der Waals surface area contributed by atoms with Crippen molar-refractivity contribution >= 4 is 27.6 Å². The van der Waals surface area contributed by atoms with E-state index in [-0.39, 0.29) is 19.2 Å². The summed E-state index contributed by atoms with van der Waals surface area (Å²) in [5.74, 6) is 0.339. The van der Waals surface area contributed by atoms with Crippen LogP contribution in [0.3, 0.4) is 0 Å². The molecule has 20 heavy (non-hydrogen) atoms. The molecule has 0 aromatic carbocycles. The summed E-state index contributed by atoms with van der Waals surface area (Å²) in [4.78, 5) is 25.4. The smallest absolute Gasteiger partial charge is 0.316 e. The Morgan fingerprint density at radius 2 is 2.25 bits per heavy atom. The van der Waals surface area contributed by atoms with Crippen molar-refractivity contribution in [2.24, 2.45) is 5.41 Å². The van der Waals surface area contributed by atoms with E-state index < -0.39 is 5.41 Å². The first kappa shape index (κ1) is 15.6. The third-order valence-electron chi connectivity index (χ3n) is 2.53. The number of ether oxygens (including phenoxy) is 1. The van der Waals surface area contributed by atoms with Crippen molar-refractivity contribution < 1.29 is 24.3 Å². The molecule has 0 unspecified atom stereocenters. The molecule has 0 saturated carbocycles. The van der Waals surface area contributed by atoms with Gasteiger partial charge >= 0.3 is 5.97 Å². The molecule has 0 atom stereocenters. The number of aromatic nitrogens is 1. The number of hydrogen-bond acceptors (Lipinski definition) is 8. The lowest BCUT2D eigenvalue weighted by Gasteiger charge is -2.28. The van der Waals surface area contributed by atoms with Gasteiger partial charge in [-0.25, -0.2) is 14.8 Å². The van der Waals surface area contributed by atoms with Crippen molar-refractivity contribution in [1.82, 2.24) is 4.98 Å². The first-order chi connectivity index (χ1) is 9.71. The van der Waals surface area contributed by atoms with Crippen LogP contribution in [0.1, 0.15) is 6.92 Å². The Morgan fingerprint density at radius 1 is 1.45 bits per heavy atom. The van der Waals surface area contributed by atoms with E-state index in [2.05, 4.69) is 19.8 Å². The average Bonchev–Trinajstić information content (AvgIpc) is 2.48. The highest BCUT2D eigenvalue weighted by Crippen LogP contribution is 2.29. The fraction of sp³-hybridized carbons (Fsp3) is 0.500. The lowest BCUT2D eigenvalue weighted by Crippen LogP contribution is -2.42. The Hall–Kier alpha value is -0.800. The van der Waals surface area contributed by atoms with E-state index in [1.54, 1.807) is 34.7 Å².